The van der Waals surface area contributed by atoms with Crippen molar-refractivity contribution in [2.75, 3.05) is 13.7 Å². The number of hydrogen-bond donors (Lipinski definition) is 1. The average Bonchev–Trinajstić information content (AvgIpc) is 3.30. The van der Waals surface area contributed by atoms with E-state index in [2.05, 4.69) is 52.9 Å². The molecule has 0 bridgehead atoms. The summed E-state index contributed by atoms with van der Waals surface area (Å²) in [6.07, 6.45) is 0.912. The van der Waals surface area contributed by atoms with Gasteiger partial charge in [0.25, 0.3) is 0 Å². The maximum Gasteiger partial charge on any atom is 0.166 e. The fraction of sp³-hybridized carbons (Fsp3) is 0.320. The molecule has 2 heterocycles. The molecule has 3 aromatic rings. The minimum atomic E-state index is 0.725. The van der Waals surface area contributed by atoms with Crippen molar-refractivity contribution in [3.8, 4) is 5.75 Å². The second kappa shape index (κ2) is 11.2. The van der Waals surface area contributed by atoms with Crippen molar-refractivity contribution >= 4 is 18.2 Å². The van der Waals surface area contributed by atoms with E-state index >= 15 is 0 Å². The summed E-state index contributed by atoms with van der Waals surface area (Å²) in [6.45, 7) is 7.59. The molecule has 2 aromatic carbocycles. The first-order chi connectivity index (χ1) is 15.0. The second-order valence-electron chi connectivity index (χ2n) is 7.46. The molecule has 0 saturated carbocycles. The number of benzene rings is 2. The van der Waals surface area contributed by atoms with Crippen molar-refractivity contribution in [2.45, 2.75) is 38.4 Å². The molecule has 0 fully saturated rings. The van der Waals surface area contributed by atoms with Gasteiger partial charge in [0, 0.05) is 37.3 Å². The lowest BCUT2D eigenvalue weighted by Crippen LogP contribution is -2.05. The van der Waals surface area contributed by atoms with Gasteiger partial charge in [-0.3, -0.25) is 4.79 Å². The lowest BCUT2D eigenvalue weighted by molar-refractivity contribution is 0.111. The number of nitrogens with one attached hydrogen (secondary N) is 1. The summed E-state index contributed by atoms with van der Waals surface area (Å²) in [6, 6.07) is 18.6. The van der Waals surface area contributed by atoms with Gasteiger partial charge < -0.3 is 14.6 Å². The zero-order chi connectivity index (χ0) is 22.2. The molecule has 1 aliphatic heterocycles. The van der Waals surface area contributed by atoms with Crippen LogP contribution in [-0.4, -0.2) is 28.8 Å². The van der Waals surface area contributed by atoms with Crippen molar-refractivity contribution < 1.29 is 9.53 Å². The summed E-state index contributed by atoms with van der Waals surface area (Å²) in [5, 5.41) is 3.10. The molecular weight excluding hydrogens is 406 g/mol. The Morgan fingerprint density at radius 2 is 1.81 bits per heavy atom. The number of carbonyl (C=O) groups is 1. The third kappa shape index (κ3) is 6.00. The predicted octanol–water partition coefficient (Wildman–Crippen LogP) is 4.97. The molecule has 4 rings (SSSR count). The molecule has 0 radical (unpaired) electrons. The van der Waals surface area contributed by atoms with Crippen LogP contribution in [0.5, 0.6) is 5.75 Å². The first-order valence-corrected chi connectivity index (χ1v) is 11.3. The Hall–Kier alpha value is -2.54. The monoisotopic (exact) mass is 437 g/mol. The summed E-state index contributed by atoms with van der Waals surface area (Å²) in [5.41, 5.74) is 5.93. The molecule has 6 heteroatoms. The van der Waals surface area contributed by atoms with E-state index in [1.807, 2.05) is 43.8 Å². The van der Waals surface area contributed by atoms with E-state index in [1.165, 1.54) is 16.7 Å². The SMILES string of the molecule is CCOc1cccc(CNC)c1.Cc1c(SN2Cc3ccccc3C2)cc(C=O)n1C. The lowest BCUT2D eigenvalue weighted by atomic mass is 10.1. The fourth-order valence-corrected chi connectivity index (χ4v) is 4.65. The maximum atomic E-state index is 11.0. The van der Waals surface area contributed by atoms with Crippen LogP contribution in [0.15, 0.2) is 59.5 Å². The van der Waals surface area contributed by atoms with Crippen molar-refractivity contribution in [3.63, 3.8) is 0 Å². The molecule has 31 heavy (non-hydrogen) atoms. The molecule has 5 nitrogen and oxygen atoms in total. The van der Waals surface area contributed by atoms with E-state index in [4.69, 9.17) is 4.74 Å². The molecule has 1 N–H and O–H groups in total. The predicted molar refractivity (Wildman–Crippen MR) is 127 cm³/mol. The Bertz CT molecular complexity index is 970. The normalized spacial score (nSPS) is 12.8. The van der Waals surface area contributed by atoms with E-state index in [9.17, 15) is 4.79 Å². The van der Waals surface area contributed by atoms with Crippen molar-refractivity contribution in [1.82, 2.24) is 14.2 Å². The Labute approximate surface area is 189 Å². The average molecular weight is 438 g/mol. The van der Waals surface area contributed by atoms with E-state index in [0.717, 1.165) is 54.6 Å². The van der Waals surface area contributed by atoms with Crippen molar-refractivity contribution in [3.05, 3.63) is 82.7 Å². The zero-order valence-corrected chi connectivity index (χ0v) is 19.5. The number of carbonyl (C=O) groups excluding carboxylic acids is 1. The van der Waals surface area contributed by atoms with Crippen LogP contribution < -0.4 is 10.1 Å². The Balaban J connectivity index is 0.000000196. The quantitative estimate of drug-likeness (QED) is 0.418. The number of nitrogens with zero attached hydrogens (tertiary/aromatic N) is 2. The van der Waals surface area contributed by atoms with Crippen LogP contribution in [0.25, 0.3) is 0 Å². The number of hydrogen-bond acceptors (Lipinski definition) is 5. The summed E-state index contributed by atoms with van der Waals surface area (Å²) < 4.78 is 9.64. The number of fused-ring (bicyclic) bond motifs is 1. The zero-order valence-electron chi connectivity index (χ0n) is 18.7. The maximum absolute atomic E-state index is 11.0. The largest absolute Gasteiger partial charge is 0.494 e. The smallest absolute Gasteiger partial charge is 0.166 e. The van der Waals surface area contributed by atoms with Gasteiger partial charge in [0.1, 0.15) is 5.75 Å². The molecule has 1 aromatic heterocycles. The highest BCUT2D eigenvalue weighted by Gasteiger charge is 2.21. The molecule has 1 aliphatic rings. The molecular formula is C25H31N3O2S. The summed E-state index contributed by atoms with van der Waals surface area (Å²) >= 11 is 1.74. The van der Waals surface area contributed by atoms with E-state index in [0.29, 0.717) is 0 Å². The van der Waals surface area contributed by atoms with Gasteiger partial charge in [-0.05, 0) is 67.7 Å². The van der Waals surface area contributed by atoms with E-state index in [-0.39, 0.29) is 0 Å². The van der Waals surface area contributed by atoms with Crippen LogP contribution in [-0.2, 0) is 26.7 Å². The Morgan fingerprint density at radius 1 is 1.10 bits per heavy atom. The second-order valence-corrected chi connectivity index (χ2v) is 8.60. The number of aldehydes is 1. The van der Waals surface area contributed by atoms with Crippen LogP contribution in [0.1, 0.15) is 39.8 Å². The van der Waals surface area contributed by atoms with Crippen LogP contribution in [0.2, 0.25) is 0 Å². The van der Waals surface area contributed by atoms with Gasteiger partial charge in [-0.15, -0.1) is 0 Å². The Kier molecular flexibility index (Phi) is 8.35. The van der Waals surface area contributed by atoms with Crippen molar-refractivity contribution in [2.24, 2.45) is 7.05 Å². The van der Waals surface area contributed by atoms with Gasteiger partial charge in [-0.1, -0.05) is 36.4 Å². The standard InChI is InChI=1S/C15H16N2OS.C10H15NO/c1-11-15(7-14(10-18)16(11)2)19-17-8-12-5-3-4-6-13(12)9-17;1-3-12-10-6-4-5-9(7-10)8-11-2/h3-7,10H,8-9H2,1-2H3;4-7,11H,3,8H2,1-2H3. The third-order valence-electron chi connectivity index (χ3n) is 5.28. The van der Waals surface area contributed by atoms with Gasteiger partial charge in [0.05, 0.1) is 12.3 Å². The highest BCUT2D eigenvalue weighted by molar-refractivity contribution is 7.97. The van der Waals surface area contributed by atoms with Gasteiger partial charge in [-0.2, -0.15) is 0 Å². The van der Waals surface area contributed by atoms with Gasteiger partial charge in [0.2, 0.25) is 0 Å². The first kappa shape index (κ1) is 23.1. The molecule has 0 amide bonds. The fourth-order valence-electron chi connectivity index (χ4n) is 3.52. The summed E-state index contributed by atoms with van der Waals surface area (Å²) in [7, 11) is 3.87. The van der Waals surface area contributed by atoms with Crippen LogP contribution >= 0.6 is 11.9 Å². The van der Waals surface area contributed by atoms with Gasteiger partial charge in [-0.25, -0.2) is 4.31 Å². The van der Waals surface area contributed by atoms with Crippen LogP contribution in [0.4, 0.5) is 0 Å². The van der Waals surface area contributed by atoms with Crippen LogP contribution in [0, 0.1) is 6.92 Å². The number of rotatable bonds is 7. The van der Waals surface area contributed by atoms with E-state index < -0.39 is 0 Å². The molecule has 0 aliphatic carbocycles. The van der Waals surface area contributed by atoms with Crippen molar-refractivity contribution in [1.29, 1.82) is 0 Å². The van der Waals surface area contributed by atoms with Gasteiger partial charge in [0.15, 0.2) is 6.29 Å². The molecule has 0 spiro atoms. The third-order valence-corrected chi connectivity index (χ3v) is 6.40. The molecule has 164 valence electrons. The Morgan fingerprint density at radius 3 is 2.39 bits per heavy atom. The highest BCUT2D eigenvalue weighted by atomic mass is 32.2. The van der Waals surface area contributed by atoms with Crippen LogP contribution in [0.3, 0.4) is 0 Å². The van der Waals surface area contributed by atoms with E-state index in [1.54, 1.807) is 11.9 Å². The molecule has 0 atom stereocenters. The lowest BCUT2D eigenvalue weighted by Gasteiger charge is -2.13. The first-order valence-electron chi connectivity index (χ1n) is 10.5. The molecule has 0 saturated heterocycles. The molecule has 0 unspecified atom stereocenters. The number of ether oxygens (including phenoxy) is 1. The topological polar surface area (TPSA) is 46.5 Å². The summed E-state index contributed by atoms with van der Waals surface area (Å²) in [4.78, 5) is 12.1. The minimum Gasteiger partial charge on any atom is -0.494 e. The summed E-state index contributed by atoms with van der Waals surface area (Å²) in [5.74, 6) is 0.949. The number of aromatic nitrogens is 1. The highest BCUT2D eigenvalue weighted by Crippen LogP contribution is 2.34. The van der Waals surface area contributed by atoms with Gasteiger partial charge >= 0.3 is 0 Å². The minimum absolute atomic E-state index is 0.725.